The van der Waals surface area contributed by atoms with Crippen molar-refractivity contribution in [3.8, 4) is 0 Å². The maximum Gasteiger partial charge on any atom is 0.237 e. The molecule has 0 rings (SSSR count). The molecule has 0 aromatic heterocycles. The largest absolute Gasteiger partial charge is 0.368 e. The molecule has 0 radical (unpaired) electrons. The van der Waals surface area contributed by atoms with Crippen LogP contribution in [0.5, 0.6) is 0 Å². The van der Waals surface area contributed by atoms with Gasteiger partial charge in [0.1, 0.15) is 0 Å². The Balaban J connectivity index is 4.24. The highest BCUT2D eigenvalue weighted by Crippen LogP contribution is 2.02. The Morgan fingerprint density at radius 1 is 1.38 bits per heavy atom. The van der Waals surface area contributed by atoms with Crippen LogP contribution in [-0.2, 0) is 9.59 Å². The Kier molecular flexibility index (Phi) is 5.11. The van der Waals surface area contributed by atoms with E-state index >= 15 is 0 Å². The topological polar surface area (TPSA) is 63.4 Å². The minimum Gasteiger partial charge on any atom is -0.368 e. The summed E-state index contributed by atoms with van der Waals surface area (Å²) in [5, 5.41) is 0. The maximum absolute atomic E-state index is 11.4. The predicted octanol–water partition coefficient (Wildman–Crippen LogP) is 0.509. The summed E-state index contributed by atoms with van der Waals surface area (Å²) in [6.45, 7) is 5.70. The number of nitrogens with zero attached hydrogens (tertiary/aromatic N) is 1. The molecule has 76 valence electrons. The number of amides is 2. The molecule has 0 aliphatic heterocycles. The summed E-state index contributed by atoms with van der Waals surface area (Å²) in [6.07, 6.45) is 1.27. The van der Waals surface area contributed by atoms with Gasteiger partial charge in [-0.2, -0.15) is 0 Å². The van der Waals surface area contributed by atoms with Crippen LogP contribution in [-0.4, -0.2) is 29.3 Å². The van der Waals surface area contributed by atoms with Gasteiger partial charge in [-0.1, -0.05) is 6.92 Å². The summed E-state index contributed by atoms with van der Waals surface area (Å²) in [5.74, 6) is -0.463. The summed E-state index contributed by atoms with van der Waals surface area (Å²) in [7, 11) is 0. The molecule has 0 spiro atoms. The Hall–Kier alpha value is -1.06. The second-order valence-corrected chi connectivity index (χ2v) is 3.33. The van der Waals surface area contributed by atoms with Crippen molar-refractivity contribution in [3.63, 3.8) is 0 Å². The second-order valence-electron chi connectivity index (χ2n) is 3.33. The Morgan fingerprint density at radius 2 is 1.92 bits per heavy atom. The van der Waals surface area contributed by atoms with E-state index < -0.39 is 5.91 Å². The van der Waals surface area contributed by atoms with Gasteiger partial charge in [-0.05, 0) is 20.3 Å². The fourth-order valence-corrected chi connectivity index (χ4v) is 1.08. The first-order chi connectivity index (χ1) is 5.99. The van der Waals surface area contributed by atoms with E-state index in [-0.39, 0.29) is 18.5 Å². The Morgan fingerprint density at radius 3 is 2.23 bits per heavy atom. The summed E-state index contributed by atoms with van der Waals surface area (Å²) in [5.41, 5.74) is 5.03. The van der Waals surface area contributed by atoms with E-state index in [4.69, 9.17) is 5.73 Å². The van der Waals surface area contributed by atoms with E-state index in [1.165, 1.54) is 4.90 Å². The standard InChI is InChI=1S/C9H18N2O2/c1-4-5-9(13)11(7(2)3)6-8(10)12/h7H,4-6H2,1-3H3,(H2,10,12). The summed E-state index contributed by atoms with van der Waals surface area (Å²) in [6, 6.07) is 0.0338. The third kappa shape index (κ3) is 4.50. The summed E-state index contributed by atoms with van der Waals surface area (Å²) >= 11 is 0. The smallest absolute Gasteiger partial charge is 0.237 e. The average molecular weight is 186 g/mol. The quantitative estimate of drug-likeness (QED) is 0.680. The van der Waals surface area contributed by atoms with Crippen molar-refractivity contribution in [2.24, 2.45) is 5.73 Å². The molecule has 0 unspecified atom stereocenters. The summed E-state index contributed by atoms with van der Waals surface area (Å²) < 4.78 is 0. The first-order valence-electron chi connectivity index (χ1n) is 4.56. The third-order valence-corrected chi connectivity index (χ3v) is 1.73. The molecular formula is C9H18N2O2. The van der Waals surface area contributed by atoms with E-state index in [0.29, 0.717) is 6.42 Å². The van der Waals surface area contributed by atoms with Crippen molar-refractivity contribution in [2.75, 3.05) is 6.54 Å². The molecule has 13 heavy (non-hydrogen) atoms. The average Bonchev–Trinajstić information content (AvgIpc) is 1.99. The Bertz CT molecular complexity index is 190. The van der Waals surface area contributed by atoms with Gasteiger partial charge < -0.3 is 10.6 Å². The molecule has 0 atom stereocenters. The lowest BCUT2D eigenvalue weighted by molar-refractivity contribution is -0.136. The lowest BCUT2D eigenvalue weighted by Gasteiger charge is -2.25. The zero-order valence-corrected chi connectivity index (χ0v) is 8.54. The number of nitrogens with two attached hydrogens (primary N) is 1. The van der Waals surface area contributed by atoms with Crippen molar-refractivity contribution in [1.29, 1.82) is 0 Å². The highest BCUT2D eigenvalue weighted by molar-refractivity contribution is 5.83. The van der Waals surface area contributed by atoms with Crippen molar-refractivity contribution in [3.05, 3.63) is 0 Å². The Labute approximate surface area is 79.1 Å². The van der Waals surface area contributed by atoms with E-state index in [9.17, 15) is 9.59 Å². The molecule has 0 aliphatic rings. The third-order valence-electron chi connectivity index (χ3n) is 1.73. The van der Waals surface area contributed by atoms with Crippen LogP contribution >= 0.6 is 0 Å². The van der Waals surface area contributed by atoms with Crippen molar-refractivity contribution in [2.45, 2.75) is 39.7 Å². The van der Waals surface area contributed by atoms with Gasteiger partial charge in [0.2, 0.25) is 11.8 Å². The van der Waals surface area contributed by atoms with Crippen LogP contribution in [0.4, 0.5) is 0 Å². The minimum atomic E-state index is -0.460. The zero-order valence-electron chi connectivity index (χ0n) is 8.54. The highest BCUT2D eigenvalue weighted by atomic mass is 16.2. The van der Waals surface area contributed by atoms with Crippen LogP contribution in [0.15, 0.2) is 0 Å². The number of hydrogen-bond acceptors (Lipinski definition) is 2. The van der Waals surface area contributed by atoms with Gasteiger partial charge in [0.25, 0.3) is 0 Å². The molecule has 0 aromatic rings. The molecule has 2 amide bonds. The lowest BCUT2D eigenvalue weighted by atomic mass is 10.2. The monoisotopic (exact) mass is 186 g/mol. The fraction of sp³-hybridized carbons (Fsp3) is 0.778. The van der Waals surface area contributed by atoms with Gasteiger partial charge in [0, 0.05) is 12.5 Å². The van der Waals surface area contributed by atoms with Gasteiger partial charge in [-0.15, -0.1) is 0 Å². The number of carbonyl (C=O) groups is 2. The van der Waals surface area contributed by atoms with Crippen molar-refractivity contribution >= 4 is 11.8 Å². The van der Waals surface area contributed by atoms with Gasteiger partial charge in [0.05, 0.1) is 6.54 Å². The van der Waals surface area contributed by atoms with E-state index in [0.717, 1.165) is 6.42 Å². The number of primary amides is 1. The molecule has 0 saturated heterocycles. The van der Waals surface area contributed by atoms with Crippen LogP contribution in [0.3, 0.4) is 0 Å². The molecule has 0 saturated carbocycles. The first-order valence-corrected chi connectivity index (χ1v) is 4.56. The van der Waals surface area contributed by atoms with Crippen LogP contribution in [0.2, 0.25) is 0 Å². The number of rotatable bonds is 5. The van der Waals surface area contributed by atoms with E-state index in [2.05, 4.69) is 0 Å². The van der Waals surface area contributed by atoms with Gasteiger partial charge in [0.15, 0.2) is 0 Å². The zero-order chi connectivity index (χ0) is 10.4. The molecule has 0 heterocycles. The van der Waals surface area contributed by atoms with E-state index in [1.54, 1.807) is 0 Å². The van der Waals surface area contributed by atoms with Crippen LogP contribution in [0, 0.1) is 0 Å². The van der Waals surface area contributed by atoms with Crippen molar-refractivity contribution in [1.82, 2.24) is 4.90 Å². The van der Waals surface area contributed by atoms with Crippen LogP contribution in [0.25, 0.3) is 0 Å². The minimum absolute atomic E-state index is 0.00343. The highest BCUT2D eigenvalue weighted by Gasteiger charge is 2.17. The van der Waals surface area contributed by atoms with Gasteiger partial charge >= 0.3 is 0 Å². The normalized spacial score (nSPS) is 10.2. The SMILES string of the molecule is CCCC(=O)N(CC(N)=O)C(C)C. The predicted molar refractivity (Wildman–Crippen MR) is 51.0 cm³/mol. The van der Waals surface area contributed by atoms with Gasteiger partial charge in [-0.25, -0.2) is 0 Å². The summed E-state index contributed by atoms with van der Waals surface area (Å²) in [4.78, 5) is 23.6. The lowest BCUT2D eigenvalue weighted by Crippen LogP contribution is -2.42. The van der Waals surface area contributed by atoms with Crippen LogP contribution < -0.4 is 5.73 Å². The molecule has 0 aromatic carbocycles. The molecule has 4 nitrogen and oxygen atoms in total. The molecule has 4 heteroatoms. The molecule has 0 fully saturated rings. The fourth-order valence-electron chi connectivity index (χ4n) is 1.08. The molecule has 0 bridgehead atoms. The van der Waals surface area contributed by atoms with Crippen molar-refractivity contribution < 1.29 is 9.59 Å². The maximum atomic E-state index is 11.4. The van der Waals surface area contributed by atoms with Gasteiger partial charge in [-0.3, -0.25) is 9.59 Å². The van der Waals surface area contributed by atoms with E-state index in [1.807, 2.05) is 20.8 Å². The first kappa shape index (κ1) is 11.9. The number of hydrogen-bond donors (Lipinski definition) is 1. The van der Waals surface area contributed by atoms with Crippen LogP contribution in [0.1, 0.15) is 33.6 Å². The molecule has 0 aliphatic carbocycles. The number of carbonyl (C=O) groups excluding carboxylic acids is 2. The second kappa shape index (κ2) is 5.56. The molecular weight excluding hydrogens is 168 g/mol. The molecule has 2 N–H and O–H groups in total.